The Hall–Kier alpha value is -4.87. The fourth-order valence-electron chi connectivity index (χ4n) is 5.13. The number of likely N-dealkylation sites (tertiary alicyclic amines) is 2. The predicted molar refractivity (Wildman–Crippen MR) is 157 cm³/mol. The minimum Gasteiger partial charge on any atom is -0.481 e. The highest BCUT2D eigenvalue weighted by Crippen LogP contribution is 2.27. The highest BCUT2D eigenvalue weighted by atomic mass is 16.6. The van der Waals surface area contributed by atoms with Crippen molar-refractivity contribution in [3.8, 4) is 0 Å². The van der Waals surface area contributed by atoms with Crippen molar-refractivity contribution in [1.29, 1.82) is 0 Å². The average Bonchev–Trinajstić information content (AvgIpc) is 3.03. The molecule has 44 heavy (non-hydrogen) atoms. The number of carboxylic acids is 3. The van der Waals surface area contributed by atoms with E-state index in [1.807, 2.05) is 60.7 Å². The molecule has 2 fully saturated rings. The first kappa shape index (κ1) is 33.6. The molecule has 2 aromatic carbocycles. The molecule has 0 unspecified atom stereocenters. The first-order valence-corrected chi connectivity index (χ1v) is 14.4. The van der Waals surface area contributed by atoms with E-state index in [2.05, 4.69) is 6.58 Å². The Balaban J connectivity index is 0.000000241. The van der Waals surface area contributed by atoms with Crippen LogP contribution >= 0.6 is 0 Å². The summed E-state index contributed by atoms with van der Waals surface area (Å²) in [6.07, 6.45) is 1.10. The summed E-state index contributed by atoms with van der Waals surface area (Å²) in [5, 5.41) is 26.9. The minimum absolute atomic E-state index is 0.0549. The number of carbonyl (C=O) groups excluding carboxylic acids is 2. The topological polar surface area (TPSA) is 171 Å². The lowest BCUT2D eigenvalue weighted by Crippen LogP contribution is -2.43. The molecule has 2 heterocycles. The van der Waals surface area contributed by atoms with Crippen molar-refractivity contribution in [3.05, 3.63) is 83.9 Å². The van der Waals surface area contributed by atoms with Gasteiger partial charge >= 0.3 is 30.1 Å². The van der Waals surface area contributed by atoms with E-state index in [0.717, 1.165) is 11.1 Å². The highest BCUT2D eigenvalue weighted by Gasteiger charge is 2.37. The molecule has 0 saturated carbocycles. The zero-order valence-corrected chi connectivity index (χ0v) is 24.4. The molecule has 12 heteroatoms. The Kier molecular flexibility index (Phi) is 12.8. The van der Waals surface area contributed by atoms with Crippen molar-refractivity contribution in [2.24, 2.45) is 17.8 Å². The molecule has 2 aliphatic heterocycles. The standard InChI is InChI=1S/C16H19NO6.C16H19NO4/c18-14(19)13(15(20)21)12-6-8-17(9-7-12)16(22)23-10-11-4-2-1-3-5-11;1-12(15(18)19)14-7-9-17(10-8-14)16(20)21-11-13-5-3-2-4-6-13/h1-5,12-13H,6-10H2,(H,18,19)(H,20,21);2-6,14H,1,7-11H2,(H,18,19). The van der Waals surface area contributed by atoms with E-state index >= 15 is 0 Å². The Bertz CT molecular complexity index is 1270. The van der Waals surface area contributed by atoms with Crippen molar-refractivity contribution in [1.82, 2.24) is 9.80 Å². The van der Waals surface area contributed by atoms with Crippen LogP contribution in [0.2, 0.25) is 0 Å². The summed E-state index contributed by atoms with van der Waals surface area (Å²) in [6.45, 7) is 5.63. The van der Waals surface area contributed by atoms with Crippen LogP contribution in [0.3, 0.4) is 0 Å². The van der Waals surface area contributed by atoms with Crippen LogP contribution in [0.4, 0.5) is 9.59 Å². The minimum atomic E-state index is -1.42. The first-order chi connectivity index (χ1) is 21.1. The molecule has 0 radical (unpaired) electrons. The maximum atomic E-state index is 12.0. The summed E-state index contributed by atoms with van der Waals surface area (Å²) in [7, 11) is 0. The Morgan fingerprint density at radius 1 is 0.682 bits per heavy atom. The van der Waals surface area contributed by atoms with Crippen LogP contribution < -0.4 is 0 Å². The van der Waals surface area contributed by atoms with E-state index in [4.69, 9.17) is 24.8 Å². The molecule has 2 saturated heterocycles. The zero-order valence-electron chi connectivity index (χ0n) is 24.4. The second-order valence-corrected chi connectivity index (χ2v) is 10.7. The predicted octanol–water partition coefficient (Wildman–Crippen LogP) is 4.50. The number of nitrogens with zero attached hydrogens (tertiary/aromatic N) is 2. The van der Waals surface area contributed by atoms with E-state index in [-0.39, 0.29) is 30.8 Å². The van der Waals surface area contributed by atoms with Gasteiger partial charge in [0.05, 0.1) is 0 Å². The number of benzene rings is 2. The van der Waals surface area contributed by atoms with Gasteiger partial charge in [-0.3, -0.25) is 9.59 Å². The molecule has 236 valence electrons. The zero-order chi connectivity index (χ0) is 32.1. The number of amides is 2. The van der Waals surface area contributed by atoms with Gasteiger partial charge in [0.1, 0.15) is 13.2 Å². The van der Waals surface area contributed by atoms with Crippen molar-refractivity contribution >= 4 is 30.1 Å². The van der Waals surface area contributed by atoms with Gasteiger partial charge in [-0.2, -0.15) is 0 Å². The van der Waals surface area contributed by atoms with Crippen molar-refractivity contribution in [2.75, 3.05) is 26.2 Å². The second kappa shape index (κ2) is 16.7. The smallest absolute Gasteiger partial charge is 0.410 e. The third-order valence-corrected chi connectivity index (χ3v) is 7.73. The molecule has 2 aliphatic rings. The lowest BCUT2D eigenvalue weighted by Gasteiger charge is -2.32. The number of carbonyl (C=O) groups is 5. The Morgan fingerprint density at radius 3 is 1.43 bits per heavy atom. The van der Waals surface area contributed by atoms with E-state index in [1.54, 1.807) is 4.90 Å². The lowest BCUT2D eigenvalue weighted by molar-refractivity contribution is -0.158. The monoisotopic (exact) mass is 610 g/mol. The number of ether oxygens (including phenoxy) is 2. The number of aliphatic carboxylic acids is 3. The Morgan fingerprint density at radius 2 is 1.07 bits per heavy atom. The fraction of sp³-hybridized carbons (Fsp3) is 0.406. The van der Waals surface area contributed by atoms with Crippen molar-refractivity contribution in [3.63, 3.8) is 0 Å². The van der Waals surface area contributed by atoms with Gasteiger partial charge in [-0.25, -0.2) is 14.4 Å². The second-order valence-electron chi connectivity index (χ2n) is 10.7. The van der Waals surface area contributed by atoms with Crippen LogP contribution in [0.5, 0.6) is 0 Å². The number of carboxylic acid groups (broad SMARTS) is 3. The number of hydrogen-bond donors (Lipinski definition) is 3. The molecule has 2 aromatic rings. The van der Waals surface area contributed by atoms with Crippen LogP contribution in [0.15, 0.2) is 72.8 Å². The number of piperidine rings is 2. The van der Waals surface area contributed by atoms with Gasteiger partial charge in [-0.05, 0) is 48.6 Å². The van der Waals surface area contributed by atoms with Crippen molar-refractivity contribution in [2.45, 2.75) is 38.9 Å². The van der Waals surface area contributed by atoms with Crippen LogP contribution in [0.1, 0.15) is 36.8 Å². The fourth-order valence-corrected chi connectivity index (χ4v) is 5.13. The highest BCUT2D eigenvalue weighted by molar-refractivity contribution is 5.93. The summed E-state index contributed by atoms with van der Waals surface area (Å²) in [4.78, 5) is 60.0. The van der Waals surface area contributed by atoms with E-state index in [9.17, 15) is 24.0 Å². The third-order valence-electron chi connectivity index (χ3n) is 7.73. The summed E-state index contributed by atoms with van der Waals surface area (Å²) in [6, 6.07) is 18.8. The number of rotatable bonds is 9. The van der Waals surface area contributed by atoms with Gasteiger partial charge in [0.15, 0.2) is 5.92 Å². The summed E-state index contributed by atoms with van der Waals surface area (Å²) in [5.41, 5.74) is 2.06. The summed E-state index contributed by atoms with van der Waals surface area (Å²) in [5.74, 6) is -5.56. The van der Waals surface area contributed by atoms with Crippen LogP contribution in [-0.2, 0) is 37.1 Å². The summed E-state index contributed by atoms with van der Waals surface area (Å²) < 4.78 is 10.5. The van der Waals surface area contributed by atoms with Crippen molar-refractivity contribution < 1.29 is 48.8 Å². The van der Waals surface area contributed by atoms with Gasteiger partial charge in [0, 0.05) is 31.8 Å². The van der Waals surface area contributed by atoms with E-state index in [1.165, 1.54) is 4.90 Å². The molecule has 0 spiro atoms. The van der Waals surface area contributed by atoms with Gasteiger partial charge in [-0.15, -0.1) is 0 Å². The van der Waals surface area contributed by atoms with Crippen LogP contribution in [-0.4, -0.2) is 81.4 Å². The summed E-state index contributed by atoms with van der Waals surface area (Å²) >= 11 is 0. The first-order valence-electron chi connectivity index (χ1n) is 14.4. The largest absolute Gasteiger partial charge is 0.481 e. The maximum absolute atomic E-state index is 12.0. The van der Waals surface area contributed by atoms with Crippen LogP contribution in [0.25, 0.3) is 0 Å². The molecule has 3 N–H and O–H groups in total. The van der Waals surface area contributed by atoms with Crippen LogP contribution in [0, 0.1) is 17.8 Å². The molecular weight excluding hydrogens is 572 g/mol. The molecule has 2 amide bonds. The third kappa shape index (κ3) is 10.1. The molecule has 4 rings (SSSR count). The normalized spacial score (nSPS) is 15.5. The van der Waals surface area contributed by atoms with Gasteiger partial charge in [0.25, 0.3) is 0 Å². The molecule has 12 nitrogen and oxygen atoms in total. The van der Waals surface area contributed by atoms with E-state index < -0.39 is 35.8 Å². The molecule has 0 bridgehead atoms. The molecule has 0 aromatic heterocycles. The maximum Gasteiger partial charge on any atom is 0.410 e. The molecule has 0 aliphatic carbocycles. The van der Waals surface area contributed by atoms with Gasteiger partial charge in [-0.1, -0.05) is 67.2 Å². The molecule has 0 atom stereocenters. The molecular formula is C32H38N2O10. The van der Waals surface area contributed by atoms with Gasteiger partial charge < -0.3 is 34.6 Å². The van der Waals surface area contributed by atoms with Gasteiger partial charge in [0.2, 0.25) is 0 Å². The van der Waals surface area contributed by atoms with E-state index in [0.29, 0.717) is 51.9 Å². The Labute approximate surface area is 255 Å². The SMILES string of the molecule is C=C(C(=O)O)C1CCN(C(=O)OCc2ccccc2)CC1.O=C(O)C(C(=O)O)C1CCN(C(=O)OCc2ccccc2)CC1. The lowest BCUT2D eigenvalue weighted by atomic mass is 9.84. The average molecular weight is 611 g/mol. The number of hydrogen-bond acceptors (Lipinski definition) is 7. The quantitative estimate of drug-likeness (QED) is 0.271.